The first-order valence-corrected chi connectivity index (χ1v) is 23.2. The Morgan fingerprint density at radius 3 is 1.38 bits per heavy atom. The van der Waals surface area contributed by atoms with Crippen molar-refractivity contribution >= 4 is 77.2 Å². The molecule has 0 spiro atoms. The highest BCUT2D eigenvalue weighted by molar-refractivity contribution is 6.15. The van der Waals surface area contributed by atoms with Gasteiger partial charge in [-0.15, -0.1) is 0 Å². The van der Waals surface area contributed by atoms with E-state index in [0.29, 0.717) is 5.92 Å². The van der Waals surface area contributed by atoms with Gasteiger partial charge in [0.2, 0.25) is 0 Å². The predicted octanol–water partition coefficient (Wildman–Crippen LogP) is 16.5. The zero-order valence-electron chi connectivity index (χ0n) is 36.2. The number of aromatic nitrogens is 3. The van der Waals surface area contributed by atoms with E-state index in [4.69, 9.17) is 4.42 Å². The first kappa shape index (κ1) is 37.1. The quantitative estimate of drug-likeness (QED) is 0.164. The maximum absolute atomic E-state index is 6.03. The molecule has 0 aliphatic heterocycles. The van der Waals surface area contributed by atoms with Gasteiger partial charge in [-0.3, -0.25) is 0 Å². The molecule has 4 aromatic heterocycles. The summed E-state index contributed by atoms with van der Waals surface area (Å²) in [7, 11) is 0. The third kappa shape index (κ3) is 5.64. The molecule has 1 atom stereocenters. The van der Waals surface area contributed by atoms with Crippen LogP contribution in [0.5, 0.6) is 0 Å². The second-order valence-corrected chi connectivity index (χ2v) is 17.9. The molecule has 2 aliphatic rings. The molecule has 1 unspecified atom stereocenters. The Kier molecular flexibility index (Phi) is 8.20. The van der Waals surface area contributed by atoms with E-state index in [1.807, 2.05) is 6.26 Å². The molecule has 0 amide bonds. The number of para-hydroxylation sites is 4. The monoisotopic (exact) mass is 845 g/mol. The summed E-state index contributed by atoms with van der Waals surface area (Å²) in [4.78, 5) is 0. The van der Waals surface area contributed by atoms with Gasteiger partial charge in [-0.05, 0) is 139 Å². The number of hydrogen-bond acceptors (Lipinski definition) is 1. The van der Waals surface area contributed by atoms with Crippen LogP contribution in [-0.4, -0.2) is 13.7 Å². The van der Waals surface area contributed by atoms with Crippen molar-refractivity contribution in [2.45, 2.75) is 25.2 Å². The average Bonchev–Trinajstić information content (AvgIpc) is 4.14. The zero-order valence-corrected chi connectivity index (χ0v) is 36.2. The molecule has 0 fully saturated rings. The maximum Gasteiger partial charge on any atom is 0.129 e. The summed E-state index contributed by atoms with van der Waals surface area (Å²) in [6, 6.07) is 67.1. The topological polar surface area (TPSA) is 27.9 Å². The van der Waals surface area contributed by atoms with Crippen LogP contribution >= 0.6 is 0 Å². The van der Waals surface area contributed by atoms with Crippen LogP contribution in [0.15, 0.2) is 217 Å². The van der Waals surface area contributed by atoms with E-state index in [2.05, 4.69) is 226 Å². The molecule has 4 nitrogen and oxygen atoms in total. The highest BCUT2D eigenvalue weighted by Crippen LogP contribution is 2.43. The summed E-state index contributed by atoms with van der Waals surface area (Å²) in [6.45, 7) is 0. The third-order valence-electron chi connectivity index (χ3n) is 14.3. The molecule has 12 aromatic rings. The van der Waals surface area contributed by atoms with E-state index in [9.17, 15) is 0 Å². The number of nitrogens with zero attached hydrogens (tertiary/aromatic N) is 3. The number of furan rings is 1. The number of benzene rings is 8. The van der Waals surface area contributed by atoms with Crippen LogP contribution in [-0.2, 0) is 6.42 Å². The van der Waals surface area contributed by atoms with E-state index in [0.717, 1.165) is 25.0 Å². The summed E-state index contributed by atoms with van der Waals surface area (Å²) >= 11 is 0. The lowest BCUT2D eigenvalue weighted by Crippen LogP contribution is -2.05. The van der Waals surface area contributed by atoms with E-state index < -0.39 is 0 Å². The minimum absolute atomic E-state index is 0.296. The van der Waals surface area contributed by atoms with Crippen molar-refractivity contribution in [3.05, 3.63) is 229 Å². The average molecular weight is 846 g/mol. The van der Waals surface area contributed by atoms with Crippen LogP contribution in [0.2, 0.25) is 0 Å². The first-order chi connectivity index (χ1) is 32.7. The normalized spacial score (nSPS) is 14.9. The fourth-order valence-electron chi connectivity index (χ4n) is 11.2. The van der Waals surface area contributed by atoms with E-state index in [1.54, 1.807) is 0 Å². The summed E-state index contributed by atoms with van der Waals surface area (Å²) < 4.78 is 13.3. The summed E-state index contributed by atoms with van der Waals surface area (Å²) in [6.07, 6.45) is 16.5. The molecule has 0 bridgehead atoms. The first-order valence-electron chi connectivity index (χ1n) is 23.2. The Balaban J connectivity index is 0.932. The van der Waals surface area contributed by atoms with Crippen molar-refractivity contribution in [2.75, 3.05) is 0 Å². The van der Waals surface area contributed by atoms with Gasteiger partial charge >= 0.3 is 0 Å². The van der Waals surface area contributed by atoms with Crippen LogP contribution in [0.25, 0.3) is 111 Å². The van der Waals surface area contributed by atoms with Gasteiger partial charge in [-0.1, -0.05) is 115 Å². The lowest BCUT2D eigenvalue weighted by molar-refractivity contribution is 0.548. The molecule has 0 N–H and O–H groups in total. The van der Waals surface area contributed by atoms with Crippen LogP contribution in [0.1, 0.15) is 35.6 Å². The minimum Gasteiger partial charge on any atom is -0.464 e. The van der Waals surface area contributed by atoms with Crippen molar-refractivity contribution in [1.29, 1.82) is 0 Å². The molecule has 312 valence electrons. The molecule has 14 rings (SSSR count). The van der Waals surface area contributed by atoms with Crippen molar-refractivity contribution in [3.63, 3.8) is 0 Å². The Hall–Kier alpha value is -8.34. The Labute approximate surface area is 381 Å². The molecular formula is C62H43N3O. The fraction of sp³-hybridized carbons (Fsp3) is 0.0645. The molecular weight excluding hydrogens is 803 g/mol. The van der Waals surface area contributed by atoms with Gasteiger partial charge in [0.15, 0.2) is 0 Å². The van der Waals surface area contributed by atoms with Gasteiger partial charge in [0.25, 0.3) is 0 Å². The molecule has 0 saturated carbocycles. The van der Waals surface area contributed by atoms with Crippen LogP contribution in [0.4, 0.5) is 0 Å². The molecule has 4 heteroatoms. The van der Waals surface area contributed by atoms with Crippen LogP contribution < -0.4 is 0 Å². The van der Waals surface area contributed by atoms with Gasteiger partial charge in [0, 0.05) is 66.4 Å². The standard InChI is InChI=1S/C62H43N3O/c1-3-13-45(14-4-1)63-56-20-10-7-17-48(56)51-35-41(25-31-58(51)63)43-27-33-60-53(37-43)54-38-44(42-26-32-59-52(36-42)49-18-8-11-21-57(49)64(59)46-15-5-2-6-16-46)28-34-61(54)65(60)47-29-23-40(24-30-47)55-39-66-62-22-12-9-19-50(55)62/h1-8,10-18,20-23,25-40H,9,19,24H2. The zero-order chi connectivity index (χ0) is 43.3. The molecule has 0 saturated heterocycles. The van der Waals surface area contributed by atoms with Crippen molar-refractivity contribution in [2.24, 2.45) is 0 Å². The molecule has 66 heavy (non-hydrogen) atoms. The lowest BCUT2D eigenvalue weighted by Gasteiger charge is -2.19. The van der Waals surface area contributed by atoms with Gasteiger partial charge in [-0.25, -0.2) is 0 Å². The fourth-order valence-corrected chi connectivity index (χ4v) is 11.2. The van der Waals surface area contributed by atoms with Gasteiger partial charge in [-0.2, -0.15) is 0 Å². The second kappa shape index (κ2) is 14.6. The van der Waals surface area contributed by atoms with Crippen LogP contribution in [0, 0.1) is 0 Å². The largest absolute Gasteiger partial charge is 0.464 e. The summed E-state index contributed by atoms with van der Waals surface area (Å²) in [5, 5.41) is 7.50. The Morgan fingerprint density at radius 2 is 0.879 bits per heavy atom. The van der Waals surface area contributed by atoms with E-state index in [-0.39, 0.29) is 0 Å². The van der Waals surface area contributed by atoms with Crippen molar-refractivity contribution in [1.82, 2.24) is 13.7 Å². The van der Waals surface area contributed by atoms with Gasteiger partial charge in [0.05, 0.1) is 39.4 Å². The van der Waals surface area contributed by atoms with Crippen molar-refractivity contribution in [3.8, 4) is 33.6 Å². The Morgan fingerprint density at radius 1 is 0.424 bits per heavy atom. The number of rotatable bonds is 6. The van der Waals surface area contributed by atoms with Gasteiger partial charge in [0.1, 0.15) is 5.76 Å². The number of allylic oxidation sites excluding steroid dienone is 5. The smallest absolute Gasteiger partial charge is 0.129 e. The van der Waals surface area contributed by atoms with E-state index >= 15 is 0 Å². The molecule has 2 aliphatic carbocycles. The third-order valence-corrected chi connectivity index (χ3v) is 14.3. The highest BCUT2D eigenvalue weighted by atomic mass is 16.3. The molecule has 8 aromatic carbocycles. The Bertz CT molecular complexity index is 3800. The number of hydrogen-bond donors (Lipinski definition) is 0. The van der Waals surface area contributed by atoms with Crippen molar-refractivity contribution < 1.29 is 4.42 Å². The van der Waals surface area contributed by atoms with Crippen LogP contribution in [0.3, 0.4) is 0 Å². The van der Waals surface area contributed by atoms with Gasteiger partial charge < -0.3 is 18.1 Å². The maximum atomic E-state index is 6.03. The summed E-state index contributed by atoms with van der Waals surface area (Å²) in [5.41, 5.74) is 18.3. The molecule has 4 heterocycles. The summed E-state index contributed by atoms with van der Waals surface area (Å²) in [5.74, 6) is 1.32. The minimum atomic E-state index is 0.296. The predicted molar refractivity (Wildman–Crippen MR) is 276 cm³/mol. The number of fused-ring (bicyclic) bond motifs is 10. The SMILES string of the molecule is C1=Cc2occ(C3C=CC(n4c5ccc(-c6ccc7c(c6)c6ccccc6n7-c6ccccc6)cc5c5cc(-c6ccc7c(c6)c6ccccc6n7-c6ccccc6)ccc54)=CC3)c2CC1. The highest BCUT2D eigenvalue weighted by Gasteiger charge is 2.24. The molecule has 0 radical (unpaired) electrons. The lowest BCUT2D eigenvalue weighted by atomic mass is 9.88. The second-order valence-electron chi connectivity index (χ2n) is 17.9. The van der Waals surface area contributed by atoms with E-state index in [1.165, 1.54) is 116 Å².